The van der Waals surface area contributed by atoms with Gasteiger partial charge in [0.1, 0.15) is 11.5 Å². The molecular weight excluding hydrogens is 342 g/mol. The van der Waals surface area contributed by atoms with Gasteiger partial charge >= 0.3 is 0 Å². The van der Waals surface area contributed by atoms with Crippen LogP contribution < -0.4 is 9.64 Å². The van der Waals surface area contributed by atoms with Gasteiger partial charge < -0.3 is 4.74 Å². The predicted molar refractivity (Wildman–Crippen MR) is 98.6 cm³/mol. The quantitative estimate of drug-likeness (QED) is 0.789. The van der Waals surface area contributed by atoms with Crippen LogP contribution >= 0.6 is 0 Å². The summed E-state index contributed by atoms with van der Waals surface area (Å²) in [5, 5.41) is 0. The summed E-state index contributed by atoms with van der Waals surface area (Å²) in [6.45, 7) is 2.45. The number of ether oxygens (including phenoxy) is 1. The zero-order valence-electron chi connectivity index (χ0n) is 14.9. The van der Waals surface area contributed by atoms with E-state index in [1.807, 2.05) is 31.2 Å². The fourth-order valence-corrected chi connectivity index (χ4v) is 5.07. The number of hydrogen-bond acceptors (Lipinski definition) is 4. The summed E-state index contributed by atoms with van der Waals surface area (Å²) in [6.07, 6.45) is 0.346. The highest BCUT2D eigenvalue weighted by Gasteiger charge is 2.62. The molecule has 2 fully saturated rings. The Hall–Kier alpha value is -2.95. The van der Waals surface area contributed by atoms with Crippen LogP contribution in [0.2, 0.25) is 0 Å². The largest absolute Gasteiger partial charge is 0.494 e. The SMILES string of the molecule is CCOc1ccc(N2C(=O)[C@@H]3[C@@H](C2=O)[C@H]2C(=O)C[C@@H]3c3ccccc32)cc1. The van der Waals surface area contributed by atoms with Crippen molar-refractivity contribution in [3.63, 3.8) is 0 Å². The second kappa shape index (κ2) is 5.78. The van der Waals surface area contributed by atoms with E-state index < -0.39 is 17.8 Å². The van der Waals surface area contributed by atoms with Gasteiger partial charge in [-0.2, -0.15) is 0 Å². The molecular formula is C22H19NO4. The number of hydrogen-bond donors (Lipinski definition) is 0. The summed E-state index contributed by atoms with van der Waals surface area (Å²) in [5.74, 6) is -1.40. The zero-order valence-corrected chi connectivity index (χ0v) is 14.9. The van der Waals surface area contributed by atoms with E-state index in [2.05, 4.69) is 0 Å². The van der Waals surface area contributed by atoms with Gasteiger partial charge in [-0.3, -0.25) is 19.3 Å². The molecule has 3 aliphatic carbocycles. The first kappa shape index (κ1) is 16.2. The summed E-state index contributed by atoms with van der Waals surface area (Å²) in [4.78, 5) is 40.4. The minimum absolute atomic E-state index is 0.0784. The fourth-order valence-electron chi connectivity index (χ4n) is 5.07. The molecule has 1 saturated heterocycles. The van der Waals surface area contributed by atoms with E-state index in [1.165, 1.54) is 4.90 Å². The molecule has 0 N–H and O–H groups in total. The molecule has 4 atom stereocenters. The van der Waals surface area contributed by atoms with Gasteiger partial charge in [0.15, 0.2) is 0 Å². The molecule has 5 heteroatoms. The Labute approximate surface area is 156 Å². The maximum absolute atomic E-state index is 13.2. The molecule has 2 aromatic rings. The summed E-state index contributed by atoms with van der Waals surface area (Å²) in [7, 11) is 0. The molecule has 0 radical (unpaired) electrons. The topological polar surface area (TPSA) is 63.7 Å². The lowest BCUT2D eigenvalue weighted by atomic mass is 9.56. The summed E-state index contributed by atoms with van der Waals surface area (Å²) >= 11 is 0. The molecule has 5 nitrogen and oxygen atoms in total. The zero-order chi connectivity index (χ0) is 18.7. The number of fused-ring (bicyclic) bond motifs is 1. The molecule has 0 aromatic heterocycles. The summed E-state index contributed by atoms with van der Waals surface area (Å²) in [5.41, 5.74) is 2.52. The average molecular weight is 361 g/mol. The Morgan fingerprint density at radius 3 is 2.30 bits per heavy atom. The van der Waals surface area contributed by atoms with Crippen molar-refractivity contribution in [3.8, 4) is 5.75 Å². The Balaban J connectivity index is 1.57. The van der Waals surface area contributed by atoms with Crippen molar-refractivity contribution in [2.75, 3.05) is 11.5 Å². The number of ketones is 1. The molecule has 1 heterocycles. The third-order valence-electron chi connectivity index (χ3n) is 6.10. The lowest BCUT2D eigenvalue weighted by Crippen LogP contribution is -2.44. The average Bonchev–Trinajstić information content (AvgIpc) is 2.95. The second-order valence-electron chi connectivity index (χ2n) is 7.37. The minimum Gasteiger partial charge on any atom is -0.494 e. The Morgan fingerprint density at radius 1 is 0.926 bits per heavy atom. The number of rotatable bonds is 3. The van der Waals surface area contributed by atoms with Gasteiger partial charge in [-0.25, -0.2) is 0 Å². The highest BCUT2D eigenvalue weighted by atomic mass is 16.5. The molecule has 1 saturated carbocycles. The highest BCUT2D eigenvalue weighted by molar-refractivity contribution is 6.24. The fraction of sp³-hybridized carbons (Fsp3) is 0.318. The lowest BCUT2D eigenvalue weighted by Gasteiger charge is -2.43. The van der Waals surface area contributed by atoms with Crippen LogP contribution in [-0.4, -0.2) is 24.2 Å². The van der Waals surface area contributed by atoms with Gasteiger partial charge in [0.05, 0.1) is 30.0 Å². The number of carbonyl (C=O) groups excluding carboxylic acids is 3. The molecule has 27 heavy (non-hydrogen) atoms. The Morgan fingerprint density at radius 2 is 1.59 bits per heavy atom. The molecule has 2 aromatic carbocycles. The molecule has 4 aliphatic rings. The van der Waals surface area contributed by atoms with Crippen molar-refractivity contribution < 1.29 is 19.1 Å². The van der Waals surface area contributed by atoms with Crippen LogP contribution in [0.25, 0.3) is 0 Å². The van der Waals surface area contributed by atoms with Crippen LogP contribution in [0.1, 0.15) is 36.3 Å². The number of anilines is 1. The number of amides is 2. The van der Waals surface area contributed by atoms with Gasteiger partial charge in [0.2, 0.25) is 11.8 Å². The van der Waals surface area contributed by atoms with Crippen molar-refractivity contribution >= 4 is 23.3 Å². The lowest BCUT2D eigenvalue weighted by molar-refractivity contribution is -0.134. The maximum Gasteiger partial charge on any atom is 0.238 e. The maximum atomic E-state index is 13.2. The van der Waals surface area contributed by atoms with Crippen LogP contribution in [0.3, 0.4) is 0 Å². The predicted octanol–water partition coefficient (Wildman–Crippen LogP) is 3.04. The van der Waals surface area contributed by atoms with E-state index in [0.29, 0.717) is 24.5 Å². The smallest absolute Gasteiger partial charge is 0.238 e. The molecule has 136 valence electrons. The molecule has 0 unspecified atom stereocenters. The Kier molecular flexibility index (Phi) is 3.47. The van der Waals surface area contributed by atoms with Crippen molar-refractivity contribution in [3.05, 3.63) is 59.7 Å². The first-order valence-electron chi connectivity index (χ1n) is 9.34. The van der Waals surface area contributed by atoms with E-state index in [-0.39, 0.29) is 23.5 Å². The third kappa shape index (κ3) is 2.14. The van der Waals surface area contributed by atoms with Gasteiger partial charge in [-0.15, -0.1) is 0 Å². The monoisotopic (exact) mass is 361 g/mol. The first-order valence-corrected chi connectivity index (χ1v) is 9.34. The first-order chi connectivity index (χ1) is 13.1. The Bertz CT molecular complexity index is 965. The molecule has 1 aliphatic heterocycles. The van der Waals surface area contributed by atoms with Gasteiger partial charge in [-0.1, -0.05) is 24.3 Å². The van der Waals surface area contributed by atoms with Crippen LogP contribution in [0, 0.1) is 11.8 Å². The van der Waals surface area contributed by atoms with Crippen molar-refractivity contribution in [2.45, 2.75) is 25.2 Å². The third-order valence-corrected chi connectivity index (χ3v) is 6.10. The van der Waals surface area contributed by atoms with Crippen molar-refractivity contribution in [1.82, 2.24) is 0 Å². The second-order valence-corrected chi connectivity index (χ2v) is 7.37. The van der Waals surface area contributed by atoms with Crippen molar-refractivity contribution in [1.29, 1.82) is 0 Å². The molecule has 2 amide bonds. The number of imide groups is 1. The van der Waals surface area contributed by atoms with Gasteiger partial charge in [0, 0.05) is 12.3 Å². The van der Waals surface area contributed by atoms with Crippen LogP contribution in [-0.2, 0) is 14.4 Å². The van der Waals surface area contributed by atoms with Gasteiger partial charge in [-0.05, 0) is 42.3 Å². The molecule has 0 spiro atoms. The van der Waals surface area contributed by atoms with Gasteiger partial charge in [0.25, 0.3) is 0 Å². The number of benzene rings is 2. The normalized spacial score (nSPS) is 28.3. The van der Waals surface area contributed by atoms with E-state index in [0.717, 1.165) is 11.1 Å². The standard InChI is InChI=1S/C22H19NO4/c1-2-27-13-9-7-12(8-10-13)23-21(25)19-16-11-17(24)18(20(19)22(23)26)15-6-4-3-5-14(15)16/h3-10,16,18-20H,2,11H2,1H3/t16-,18-,19+,20+/m1/s1. The molecule has 2 bridgehead atoms. The highest BCUT2D eigenvalue weighted by Crippen LogP contribution is 2.57. The van der Waals surface area contributed by atoms with E-state index in [9.17, 15) is 14.4 Å². The van der Waals surface area contributed by atoms with E-state index in [1.54, 1.807) is 24.3 Å². The number of carbonyl (C=O) groups is 3. The number of Topliss-reactive ketones (excluding diaryl/α,β-unsaturated/α-hetero) is 1. The van der Waals surface area contributed by atoms with Crippen molar-refractivity contribution in [2.24, 2.45) is 11.8 Å². The van der Waals surface area contributed by atoms with Crippen LogP contribution in [0.5, 0.6) is 5.75 Å². The number of nitrogens with zero attached hydrogens (tertiary/aromatic N) is 1. The van der Waals surface area contributed by atoms with Crippen LogP contribution in [0.4, 0.5) is 5.69 Å². The summed E-state index contributed by atoms with van der Waals surface area (Å²) < 4.78 is 5.44. The van der Waals surface area contributed by atoms with E-state index >= 15 is 0 Å². The van der Waals surface area contributed by atoms with Crippen LogP contribution in [0.15, 0.2) is 48.5 Å². The minimum atomic E-state index is -0.579. The summed E-state index contributed by atoms with van der Waals surface area (Å²) in [6, 6.07) is 14.7. The molecule has 6 rings (SSSR count). The van der Waals surface area contributed by atoms with E-state index in [4.69, 9.17) is 4.74 Å².